The van der Waals surface area contributed by atoms with Gasteiger partial charge in [-0.25, -0.2) is 4.79 Å². The first-order chi connectivity index (χ1) is 14.1. The topological polar surface area (TPSA) is 89.0 Å². The molecule has 0 saturated carbocycles. The minimum Gasteiger partial charge on any atom is -0.491 e. The molecule has 1 amide bonds. The third-order valence-corrected chi connectivity index (χ3v) is 6.29. The molecule has 2 aromatic rings. The lowest BCUT2D eigenvalue weighted by molar-refractivity contribution is -0.139. The third kappa shape index (κ3) is 6.86. The summed E-state index contributed by atoms with van der Waals surface area (Å²) >= 11 is 3.30. The Morgan fingerprint density at radius 3 is 2.66 bits per heavy atom. The molecule has 0 aliphatic carbocycles. The van der Waals surface area contributed by atoms with Crippen LogP contribution in [-0.2, 0) is 15.3 Å². The Hall–Kier alpha value is -2.39. The molecule has 29 heavy (non-hydrogen) atoms. The highest BCUT2D eigenvalue weighted by molar-refractivity contribution is 8.00. The molecule has 7 nitrogen and oxygen atoms in total. The van der Waals surface area contributed by atoms with Gasteiger partial charge in [-0.3, -0.25) is 9.78 Å². The Kier molecular flexibility index (Phi) is 8.06. The fourth-order valence-electron chi connectivity index (χ4n) is 2.71. The van der Waals surface area contributed by atoms with Gasteiger partial charge in [-0.15, -0.1) is 23.5 Å². The van der Waals surface area contributed by atoms with E-state index in [1.54, 1.807) is 54.0 Å². The molecule has 0 bridgehead atoms. The first kappa shape index (κ1) is 21.3. The number of aliphatic carboxylic acids is 1. The van der Waals surface area contributed by atoms with Crippen molar-refractivity contribution in [1.29, 1.82) is 0 Å². The second-order valence-electron chi connectivity index (χ2n) is 6.23. The number of carboxylic acid groups (broad SMARTS) is 1. The van der Waals surface area contributed by atoms with Gasteiger partial charge in [0.25, 0.3) is 0 Å². The fourth-order valence-corrected chi connectivity index (χ4v) is 4.70. The van der Waals surface area contributed by atoms with Gasteiger partial charge in [0.05, 0.1) is 5.75 Å². The average molecular weight is 435 g/mol. The number of amides is 1. The molecule has 9 heteroatoms. The SMILES string of the molecule is O=C(O)COc1ccc(OCC2SCCN2C(=O)CSCc2cccnc2)cc1. The number of hydrogen-bond donors (Lipinski definition) is 1. The van der Waals surface area contributed by atoms with Gasteiger partial charge in [0.1, 0.15) is 23.5 Å². The number of pyridine rings is 1. The third-order valence-electron chi connectivity index (χ3n) is 4.11. The van der Waals surface area contributed by atoms with Crippen molar-refractivity contribution in [1.82, 2.24) is 9.88 Å². The smallest absolute Gasteiger partial charge is 0.341 e. The van der Waals surface area contributed by atoms with Crippen LogP contribution in [0.1, 0.15) is 5.56 Å². The lowest BCUT2D eigenvalue weighted by Crippen LogP contribution is -2.39. The molecule has 0 radical (unpaired) electrons. The number of ether oxygens (including phenoxy) is 2. The van der Waals surface area contributed by atoms with Crippen LogP contribution in [0.25, 0.3) is 0 Å². The summed E-state index contributed by atoms with van der Waals surface area (Å²) in [7, 11) is 0. The Bertz CT molecular complexity index is 804. The molecule has 1 unspecified atom stereocenters. The van der Waals surface area contributed by atoms with Crippen LogP contribution in [0.5, 0.6) is 11.5 Å². The molecule has 154 valence electrons. The second-order valence-corrected chi connectivity index (χ2v) is 8.50. The molecule has 2 heterocycles. The van der Waals surface area contributed by atoms with Crippen molar-refractivity contribution in [3.05, 3.63) is 54.4 Å². The first-order valence-corrected chi connectivity index (χ1v) is 11.3. The maximum Gasteiger partial charge on any atom is 0.341 e. The highest BCUT2D eigenvalue weighted by atomic mass is 32.2. The standard InChI is InChI=1S/C20H22N2O5S2/c23-18(14-28-13-15-2-1-7-21-10-15)22-8-9-29-19(22)11-26-16-3-5-17(6-4-16)27-12-20(24)25/h1-7,10,19H,8-9,11-14H2,(H,24,25). The van der Waals surface area contributed by atoms with Gasteiger partial charge < -0.3 is 19.5 Å². The van der Waals surface area contributed by atoms with Crippen molar-refractivity contribution in [3.63, 3.8) is 0 Å². The minimum atomic E-state index is -1.02. The quantitative estimate of drug-likeness (QED) is 0.611. The summed E-state index contributed by atoms with van der Waals surface area (Å²) in [6, 6.07) is 10.7. The summed E-state index contributed by atoms with van der Waals surface area (Å²) in [5.74, 6) is 2.31. The number of carbonyl (C=O) groups excluding carboxylic acids is 1. The normalized spacial score (nSPS) is 15.9. The van der Waals surface area contributed by atoms with E-state index in [4.69, 9.17) is 14.6 Å². The van der Waals surface area contributed by atoms with Crippen LogP contribution in [0.15, 0.2) is 48.8 Å². The van der Waals surface area contributed by atoms with Gasteiger partial charge >= 0.3 is 5.97 Å². The Labute approximate surface area is 177 Å². The summed E-state index contributed by atoms with van der Waals surface area (Å²) < 4.78 is 10.9. The van der Waals surface area contributed by atoms with Crippen molar-refractivity contribution in [2.45, 2.75) is 11.1 Å². The molecular weight excluding hydrogens is 412 g/mol. The van der Waals surface area contributed by atoms with E-state index in [0.717, 1.165) is 23.6 Å². The van der Waals surface area contributed by atoms with Gasteiger partial charge in [0, 0.05) is 30.4 Å². The summed E-state index contributed by atoms with van der Waals surface area (Å²) in [6.07, 6.45) is 3.56. The number of hydrogen-bond acceptors (Lipinski definition) is 7. The van der Waals surface area contributed by atoms with Gasteiger partial charge in [0.15, 0.2) is 6.61 Å². The monoisotopic (exact) mass is 434 g/mol. The number of aromatic nitrogens is 1. The van der Waals surface area contributed by atoms with E-state index in [1.165, 1.54) is 0 Å². The molecule has 1 aromatic heterocycles. The molecule has 3 rings (SSSR count). The van der Waals surface area contributed by atoms with Gasteiger partial charge in [-0.05, 0) is 35.9 Å². The van der Waals surface area contributed by atoms with Gasteiger partial charge in [-0.1, -0.05) is 6.07 Å². The molecule has 1 saturated heterocycles. The largest absolute Gasteiger partial charge is 0.491 e. The zero-order valence-electron chi connectivity index (χ0n) is 15.7. The van der Waals surface area contributed by atoms with Crippen molar-refractivity contribution in [2.24, 2.45) is 0 Å². The lowest BCUT2D eigenvalue weighted by atomic mass is 10.3. The van der Waals surface area contributed by atoms with Crippen LogP contribution in [0, 0.1) is 0 Å². The number of rotatable bonds is 10. The lowest BCUT2D eigenvalue weighted by Gasteiger charge is -2.24. The number of benzene rings is 1. The van der Waals surface area contributed by atoms with Crippen molar-refractivity contribution in [2.75, 3.05) is 31.3 Å². The fraction of sp³-hybridized carbons (Fsp3) is 0.350. The van der Waals surface area contributed by atoms with Crippen LogP contribution in [0.4, 0.5) is 0 Å². The molecule has 1 fully saturated rings. The number of carboxylic acids is 1. The predicted octanol–water partition coefficient (Wildman–Crippen LogP) is 2.76. The zero-order chi connectivity index (χ0) is 20.5. The van der Waals surface area contributed by atoms with Crippen molar-refractivity contribution >= 4 is 35.4 Å². The van der Waals surface area contributed by atoms with E-state index in [9.17, 15) is 9.59 Å². The van der Waals surface area contributed by atoms with Crippen LogP contribution >= 0.6 is 23.5 Å². The van der Waals surface area contributed by atoms with Crippen molar-refractivity contribution in [3.8, 4) is 11.5 Å². The molecule has 0 spiro atoms. The number of thioether (sulfide) groups is 2. The Morgan fingerprint density at radius 2 is 1.97 bits per heavy atom. The number of nitrogens with zero attached hydrogens (tertiary/aromatic N) is 2. The first-order valence-electron chi connectivity index (χ1n) is 9.07. The predicted molar refractivity (Wildman–Crippen MR) is 113 cm³/mol. The Balaban J connectivity index is 1.43. The number of carbonyl (C=O) groups is 2. The van der Waals surface area contributed by atoms with Gasteiger partial charge in [0.2, 0.25) is 5.91 Å². The second kappa shape index (κ2) is 11.0. The van der Waals surface area contributed by atoms with Gasteiger partial charge in [-0.2, -0.15) is 0 Å². The van der Waals surface area contributed by atoms with Crippen LogP contribution in [-0.4, -0.2) is 63.5 Å². The summed E-state index contributed by atoms with van der Waals surface area (Å²) in [4.78, 5) is 29.1. The van der Waals surface area contributed by atoms with E-state index in [-0.39, 0.29) is 17.9 Å². The summed E-state index contributed by atoms with van der Waals surface area (Å²) in [5, 5.41) is 8.62. The van der Waals surface area contributed by atoms with E-state index in [2.05, 4.69) is 4.98 Å². The molecule has 1 atom stereocenters. The summed E-state index contributed by atoms with van der Waals surface area (Å²) in [6.45, 7) is 0.751. The highest BCUT2D eigenvalue weighted by Gasteiger charge is 2.29. The molecule has 1 aliphatic rings. The van der Waals surface area contributed by atoms with E-state index in [0.29, 0.717) is 23.9 Å². The molecular formula is C20H22N2O5S2. The van der Waals surface area contributed by atoms with Crippen LogP contribution in [0.2, 0.25) is 0 Å². The highest BCUT2D eigenvalue weighted by Crippen LogP contribution is 2.26. The van der Waals surface area contributed by atoms with Crippen molar-refractivity contribution < 1.29 is 24.2 Å². The van der Waals surface area contributed by atoms with E-state index in [1.807, 2.05) is 23.2 Å². The Morgan fingerprint density at radius 1 is 1.21 bits per heavy atom. The van der Waals surface area contributed by atoms with E-state index < -0.39 is 5.97 Å². The molecule has 1 N–H and O–H groups in total. The van der Waals surface area contributed by atoms with Crippen LogP contribution < -0.4 is 9.47 Å². The maximum atomic E-state index is 12.6. The summed E-state index contributed by atoms with van der Waals surface area (Å²) in [5.41, 5.74) is 1.11. The van der Waals surface area contributed by atoms with E-state index >= 15 is 0 Å². The molecule has 1 aliphatic heterocycles. The average Bonchev–Trinajstić information content (AvgIpc) is 3.21. The minimum absolute atomic E-state index is 0.00979. The van der Waals surface area contributed by atoms with Crippen LogP contribution in [0.3, 0.4) is 0 Å². The molecule has 1 aromatic carbocycles. The maximum absolute atomic E-state index is 12.6. The zero-order valence-corrected chi connectivity index (χ0v) is 17.4.